The molecule has 4 aromatic rings. The molecule has 0 fully saturated rings. The molecule has 354 valence electrons. The van der Waals surface area contributed by atoms with Gasteiger partial charge in [-0.2, -0.15) is 0 Å². The normalized spacial score (nSPS) is 17.3. The molecule has 3 aromatic carbocycles. The van der Waals surface area contributed by atoms with E-state index < -0.39 is 65.6 Å². The molecule has 0 unspecified atom stereocenters. The summed E-state index contributed by atoms with van der Waals surface area (Å²) in [5.41, 5.74) is 22.0. The van der Waals surface area contributed by atoms with Crippen LogP contribution >= 0.6 is 0 Å². The molecule has 18 heteroatoms. The molecule has 1 aromatic heterocycles. The Kier molecular flexibility index (Phi) is 16.5. The average Bonchev–Trinajstić information content (AvgIpc) is 3.27. The van der Waals surface area contributed by atoms with Crippen molar-refractivity contribution in [3.63, 3.8) is 0 Å². The molecule has 18 nitrogen and oxygen atoms in total. The van der Waals surface area contributed by atoms with Crippen LogP contribution in [0.3, 0.4) is 0 Å². The number of carboxylic acid groups (broad SMARTS) is 1. The highest BCUT2D eigenvalue weighted by molar-refractivity contribution is 6.01. The maximum absolute atomic E-state index is 14.5. The quantitative estimate of drug-likeness (QED) is 0.0776. The number of aliphatic hydroxyl groups excluding tert-OH is 1. The SMILES string of the molecule is Cc1nc(-c2ccc(C(C)(C)C)cc2)cc(CN)c1C(=O)N[C@@H](C)C(=O)N(C)[C@@H]1C(=O)N[C@@H](C)C(=O)N[C@H](C(=O)O)Cc2ccc(OCCCN)c(c2)-c2cc1cc(OC[C@H](O)CN)c2O. The molecule has 5 atom stereocenters. The number of aromatic hydroxyl groups is 1. The first-order valence-electron chi connectivity index (χ1n) is 21.8. The summed E-state index contributed by atoms with van der Waals surface area (Å²) in [5, 5.41) is 40.1. The van der Waals surface area contributed by atoms with E-state index in [1.165, 1.54) is 33.0 Å². The molecule has 1 aliphatic heterocycles. The van der Waals surface area contributed by atoms with Gasteiger partial charge in [-0.15, -0.1) is 0 Å². The van der Waals surface area contributed by atoms with Crippen LogP contribution < -0.4 is 42.6 Å². The number of carboxylic acids is 1. The Morgan fingerprint density at radius 1 is 0.955 bits per heavy atom. The number of ether oxygens (including phenoxy) is 2. The number of hydrogen-bond donors (Lipinski definition) is 9. The largest absolute Gasteiger partial charge is 0.504 e. The number of benzene rings is 3. The van der Waals surface area contributed by atoms with Gasteiger partial charge < -0.3 is 62.8 Å². The number of amides is 4. The third-order valence-electron chi connectivity index (χ3n) is 11.3. The first kappa shape index (κ1) is 50.4. The minimum atomic E-state index is -1.58. The number of aryl methyl sites for hydroxylation is 1. The number of likely N-dealkylation sites (N-methyl/N-ethyl adjacent to an activating group) is 1. The fourth-order valence-corrected chi connectivity index (χ4v) is 7.57. The lowest BCUT2D eigenvalue weighted by Crippen LogP contribution is -2.54. The van der Waals surface area contributed by atoms with Gasteiger partial charge >= 0.3 is 5.97 Å². The summed E-state index contributed by atoms with van der Waals surface area (Å²) in [5.74, 6) is -4.82. The lowest BCUT2D eigenvalue weighted by molar-refractivity contribution is -0.143. The van der Waals surface area contributed by atoms with Crippen LogP contribution in [0.15, 0.2) is 60.7 Å². The monoisotopic (exact) mass is 910 g/mol. The van der Waals surface area contributed by atoms with Crippen LogP contribution in [0.25, 0.3) is 22.4 Å². The fraction of sp³-hybridized carbons (Fsp3) is 0.417. The van der Waals surface area contributed by atoms with Crippen LogP contribution in [0.1, 0.15) is 85.4 Å². The number of nitrogens with two attached hydrogens (primary N) is 3. The summed E-state index contributed by atoms with van der Waals surface area (Å²) in [6.45, 7) is 10.8. The van der Waals surface area contributed by atoms with Gasteiger partial charge in [-0.25, -0.2) is 4.79 Å². The molecular formula is C48H62N8O10. The maximum Gasteiger partial charge on any atom is 0.326 e. The summed E-state index contributed by atoms with van der Waals surface area (Å²) in [6, 6.07) is 11.7. The molecule has 2 heterocycles. The van der Waals surface area contributed by atoms with Crippen molar-refractivity contribution in [1.82, 2.24) is 25.8 Å². The second-order valence-electron chi connectivity index (χ2n) is 17.5. The summed E-state index contributed by atoms with van der Waals surface area (Å²) >= 11 is 0. The van der Waals surface area contributed by atoms with Crippen molar-refractivity contribution in [1.29, 1.82) is 0 Å². The second-order valence-corrected chi connectivity index (χ2v) is 17.5. The van der Waals surface area contributed by atoms with E-state index in [1.807, 2.05) is 24.3 Å². The van der Waals surface area contributed by atoms with Crippen LogP contribution in [0, 0.1) is 6.92 Å². The highest BCUT2D eigenvalue weighted by Crippen LogP contribution is 2.45. The zero-order valence-corrected chi connectivity index (χ0v) is 38.4. The first-order chi connectivity index (χ1) is 31.2. The number of phenolic OH excluding ortho intramolecular Hbond substituents is 1. The Bertz CT molecular complexity index is 2440. The molecule has 0 saturated heterocycles. The number of rotatable bonds is 15. The molecule has 0 radical (unpaired) electrons. The van der Waals surface area contributed by atoms with Crippen LogP contribution in [-0.4, -0.2) is 112 Å². The number of aliphatic hydroxyl groups is 1. The Morgan fingerprint density at radius 2 is 1.65 bits per heavy atom. The van der Waals surface area contributed by atoms with E-state index in [2.05, 4.69) is 36.7 Å². The van der Waals surface area contributed by atoms with Crippen LogP contribution in [0.2, 0.25) is 0 Å². The second kappa shape index (κ2) is 21.6. The molecule has 4 amide bonds. The third kappa shape index (κ3) is 11.8. The number of fused-ring (bicyclic) bond motifs is 5. The van der Waals surface area contributed by atoms with Gasteiger partial charge in [-0.3, -0.25) is 24.2 Å². The maximum atomic E-state index is 14.5. The van der Waals surface area contributed by atoms with Gasteiger partial charge in [0.15, 0.2) is 11.5 Å². The van der Waals surface area contributed by atoms with Gasteiger partial charge in [0.05, 0.1) is 23.6 Å². The summed E-state index contributed by atoms with van der Waals surface area (Å²) in [4.78, 5) is 74.8. The lowest BCUT2D eigenvalue weighted by atomic mass is 9.86. The minimum absolute atomic E-state index is 0.0127. The zero-order chi connectivity index (χ0) is 48.6. The fourth-order valence-electron chi connectivity index (χ4n) is 7.57. The topological polar surface area (TPSA) is 295 Å². The number of pyridine rings is 1. The Balaban J connectivity index is 1.59. The lowest BCUT2D eigenvalue weighted by Gasteiger charge is -2.32. The Hall–Kier alpha value is -6.60. The van der Waals surface area contributed by atoms with E-state index in [1.54, 1.807) is 31.2 Å². The first-order valence-corrected chi connectivity index (χ1v) is 21.8. The number of aliphatic carboxylic acids is 1. The van der Waals surface area contributed by atoms with Gasteiger partial charge in [-0.05, 0) is 91.7 Å². The summed E-state index contributed by atoms with van der Waals surface area (Å²) < 4.78 is 12.0. The molecular weight excluding hydrogens is 849 g/mol. The summed E-state index contributed by atoms with van der Waals surface area (Å²) in [6.07, 6.45) is -0.872. The zero-order valence-electron chi connectivity index (χ0n) is 38.4. The predicted molar refractivity (Wildman–Crippen MR) is 248 cm³/mol. The number of hydrogen-bond acceptors (Lipinski definition) is 13. The molecule has 12 N–H and O–H groups in total. The highest BCUT2D eigenvalue weighted by atomic mass is 16.5. The van der Waals surface area contributed by atoms with E-state index in [4.69, 9.17) is 31.7 Å². The number of nitrogens with one attached hydrogen (secondary N) is 3. The van der Waals surface area contributed by atoms with Crippen molar-refractivity contribution in [2.75, 3.05) is 33.4 Å². The van der Waals surface area contributed by atoms with Gasteiger partial charge in [0, 0.05) is 43.2 Å². The number of carbonyl (C=O) groups excluding carboxylic acids is 4. The number of phenols is 1. The van der Waals surface area contributed by atoms with E-state index in [-0.39, 0.29) is 71.9 Å². The number of nitrogens with zero attached hydrogens (tertiary/aromatic N) is 2. The average molecular weight is 911 g/mol. The van der Waals surface area contributed by atoms with Gasteiger partial charge in [0.1, 0.15) is 42.6 Å². The molecule has 0 saturated carbocycles. The van der Waals surface area contributed by atoms with E-state index >= 15 is 0 Å². The third-order valence-corrected chi connectivity index (χ3v) is 11.3. The van der Waals surface area contributed by atoms with Gasteiger partial charge in [-0.1, -0.05) is 51.1 Å². The van der Waals surface area contributed by atoms with Gasteiger partial charge in [0.2, 0.25) is 17.7 Å². The van der Waals surface area contributed by atoms with Crippen molar-refractivity contribution in [2.45, 2.75) is 96.6 Å². The van der Waals surface area contributed by atoms with Crippen molar-refractivity contribution in [3.05, 3.63) is 94.2 Å². The predicted octanol–water partition coefficient (Wildman–Crippen LogP) is 2.56. The van der Waals surface area contributed by atoms with Crippen LogP contribution in [0.5, 0.6) is 17.2 Å². The Morgan fingerprint density at radius 3 is 2.27 bits per heavy atom. The smallest absolute Gasteiger partial charge is 0.326 e. The van der Waals surface area contributed by atoms with Crippen molar-refractivity contribution < 1.29 is 48.8 Å². The van der Waals surface area contributed by atoms with Crippen molar-refractivity contribution in [3.8, 4) is 39.6 Å². The number of aromatic nitrogens is 1. The molecule has 5 rings (SSSR count). The molecule has 0 aliphatic carbocycles. The van der Waals surface area contributed by atoms with Crippen LogP contribution in [-0.2, 0) is 37.6 Å². The van der Waals surface area contributed by atoms with Crippen molar-refractivity contribution >= 4 is 29.6 Å². The highest BCUT2D eigenvalue weighted by Gasteiger charge is 2.36. The molecule has 1 aliphatic rings. The van der Waals surface area contributed by atoms with Gasteiger partial charge in [0.25, 0.3) is 5.91 Å². The molecule has 4 bridgehead atoms. The molecule has 66 heavy (non-hydrogen) atoms. The van der Waals surface area contributed by atoms with Crippen molar-refractivity contribution in [2.24, 2.45) is 17.2 Å². The van der Waals surface area contributed by atoms with E-state index in [0.717, 1.165) is 16.0 Å². The summed E-state index contributed by atoms with van der Waals surface area (Å²) in [7, 11) is 1.33. The van der Waals surface area contributed by atoms with Crippen LogP contribution in [0.4, 0.5) is 0 Å². The number of carbonyl (C=O) groups is 5. The minimum Gasteiger partial charge on any atom is -0.504 e. The Labute approximate surface area is 384 Å². The standard InChI is InChI=1S/C48H62N8O10/c1-25-40(31(22-50)20-36(52-25)29-10-12-32(13-11-29)48(4,5)6)44(60)54-27(3)46(62)56(7)41-30-19-35(42(58)39(21-30)66-24-33(57)23-51)34-17-28(9-14-38(34)65-16-8-15-49)18-37(47(63)64)55-43(59)26(2)53-45(41)61/h9-14,17,19-21,26-27,33,37,41,57-58H,8,15-16,18,22-24,49-51H2,1-7H3,(H,53,61)(H,54,60)(H,55,59)(H,63,64)/t26-,27-,33+,37-,41-/m0/s1. The van der Waals surface area contributed by atoms with E-state index in [0.29, 0.717) is 35.5 Å². The van der Waals surface area contributed by atoms with E-state index in [9.17, 15) is 39.3 Å². The molecule has 0 spiro atoms.